The highest BCUT2D eigenvalue weighted by Gasteiger charge is 2.15. The lowest BCUT2D eigenvalue weighted by atomic mass is 10.1. The zero-order valence-corrected chi connectivity index (χ0v) is 11.2. The van der Waals surface area contributed by atoms with Gasteiger partial charge in [0.1, 0.15) is 5.75 Å². The Bertz CT molecular complexity index is 641. The van der Waals surface area contributed by atoms with Crippen LogP contribution in [0.2, 0.25) is 0 Å². The van der Waals surface area contributed by atoms with E-state index in [0.29, 0.717) is 23.5 Å². The molecule has 0 aliphatic heterocycles. The fraction of sp³-hybridized carbons (Fsp3) is 0.133. The Balaban J connectivity index is 2.16. The molecule has 0 aliphatic carbocycles. The van der Waals surface area contributed by atoms with Crippen molar-refractivity contribution >= 4 is 17.3 Å². The third-order valence-electron chi connectivity index (χ3n) is 2.98. The van der Waals surface area contributed by atoms with Crippen LogP contribution in [0.15, 0.2) is 42.5 Å². The molecule has 0 atom stereocenters. The maximum Gasteiger partial charge on any atom is 0.255 e. The number of anilines is 2. The number of aromatic hydroxyl groups is 1. The Labute approximate surface area is 117 Å². The zero-order chi connectivity index (χ0) is 14.7. The van der Waals surface area contributed by atoms with Crippen molar-refractivity contribution in [3.8, 4) is 5.75 Å². The number of carbonyl (C=O) groups excluding carboxylic acids is 1. The molecular formula is C15H17N3O2. The first-order valence-electron chi connectivity index (χ1n) is 6.16. The van der Waals surface area contributed by atoms with E-state index in [9.17, 15) is 9.90 Å². The van der Waals surface area contributed by atoms with Gasteiger partial charge >= 0.3 is 0 Å². The van der Waals surface area contributed by atoms with Gasteiger partial charge in [0, 0.05) is 25.0 Å². The van der Waals surface area contributed by atoms with Crippen LogP contribution in [-0.2, 0) is 6.54 Å². The van der Waals surface area contributed by atoms with Crippen LogP contribution in [0.3, 0.4) is 0 Å². The number of nitrogens with two attached hydrogens (primary N) is 2. The average molecular weight is 271 g/mol. The van der Waals surface area contributed by atoms with Crippen LogP contribution in [0.4, 0.5) is 11.4 Å². The molecule has 0 heterocycles. The van der Waals surface area contributed by atoms with Crippen molar-refractivity contribution in [3.63, 3.8) is 0 Å². The molecular weight excluding hydrogens is 254 g/mol. The van der Waals surface area contributed by atoms with Gasteiger partial charge in [-0.05, 0) is 35.9 Å². The third kappa shape index (κ3) is 3.00. The van der Waals surface area contributed by atoms with Crippen LogP contribution in [0.25, 0.3) is 0 Å². The van der Waals surface area contributed by atoms with Crippen molar-refractivity contribution in [3.05, 3.63) is 53.6 Å². The summed E-state index contributed by atoms with van der Waals surface area (Å²) in [7, 11) is 1.68. The van der Waals surface area contributed by atoms with E-state index >= 15 is 0 Å². The van der Waals surface area contributed by atoms with E-state index in [-0.39, 0.29) is 11.7 Å². The van der Waals surface area contributed by atoms with Crippen LogP contribution in [0.5, 0.6) is 5.75 Å². The normalized spacial score (nSPS) is 10.2. The van der Waals surface area contributed by atoms with Gasteiger partial charge in [-0.25, -0.2) is 0 Å². The van der Waals surface area contributed by atoms with Crippen LogP contribution < -0.4 is 11.5 Å². The van der Waals surface area contributed by atoms with Crippen molar-refractivity contribution in [1.82, 2.24) is 4.90 Å². The number of rotatable bonds is 3. The van der Waals surface area contributed by atoms with Gasteiger partial charge in [-0.1, -0.05) is 12.1 Å². The summed E-state index contributed by atoms with van der Waals surface area (Å²) in [4.78, 5) is 13.8. The molecule has 5 N–H and O–H groups in total. The maximum absolute atomic E-state index is 12.3. The maximum atomic E-state index is 12.3. The number of phenolic OH excluding ortho intramolecular Hbond substituents is 1. The summed E-state index contributed by atoms with van der Waals surface area (Å²) in [5.41, 5.74) is 13.6. The predicted molar refractivity (Wildman–Crippen MR) is 79.2 cm³/mol. The van der Waals surface area contributed by atoms with Gasteiger partial charge in [0.05, 0.1) is 5.56 Å². The minimum atomic E-state index is -0.189. The Kier molecular flexibility index (Phi) is 3.79. The topological polar surface area (TPSA) is 92.6 Å². The molecule has 0 aromatic heterocycles. The quantitative estimate of drug-likeness (QED) is 0.742. The second kappa shape index (κ2) is 5.52. The second-order valence-corrected chi connectivity index (χ2v) is 4.68. The fourth-order valence-electron chi connectivity index (χ4n) is 1.98. The average Bonchev–Trinajstić information content (AvgIpc) is 2.38. The van der Waals surface area contributed by atoms with Gasteiger partial charge in [0.25, 0.3) is 5.91 Å². The number of hydrogen-bond acceptors (Lipinski definition) is 4. The molecule has 0 aliphatic rings. The van der Waals surface area contributed by atoms with Gasteiger partial charge in [-0.15, -0.1) is 0 Å². The number of carbonyl (C=O) groups is 1. The lowest BCUT2D eigenvalue weighted by Crippen LogP contribution is -2.27. The zero-order valence-electron chi connectivity index (χ0n) is 11.2. The molecule has 1 amide bonds. The minimum absolute atomic E-state index is 0.176. The monoisotopic (exact) mass is 271 g/mol. The Hall–Kier alpha value is -2.69. The van der Waals surface area contributed by atoms with Crippen molar-refractivity contribution in [2.24, 2.45) is 0 Å². The SMILES string of the molecule is CN(Cc1cccc(O)c1)C(=O)c1ccc(N)cc1N. The van der Waals surface area contributed by atoms with Gasteiger partial charge in [-0.2, -0.15) is 0 Å². The van der Waals surface area contributed by atoms with Crippen molar-refractivity contribution in [1.29, 1.82) is 0 Å². The van der Waals surface area contributed by atoms with Gasteiger partial charge in [0.2, 0.25) is 0 Å². The largest absolute Gasteiger partial charge is 0.508 e. The van der Waals surface area contributed by atoms with E-state index in [1.165, 1.54) is 4.90 Å². The summed E-state index contributed by atoms with van der Waals surface area (Å²) >= 11 is 0. The van der Waals surface area contributed by atoms with E-state index in [4.69, 9.17) is 11.5 Å². The number of amides is 1. The van der Waals surface area contributed by atoms with Gasteiger partial charge < -0.3 is 21.5 Å². The van der Waals surface area contributed by atoms with E-state index in [1.807, 2.05) is 6.07 Å². The molecule has 104 valence electrons. The first kappa shape index (κ1) is 13.7. The number of hydrogen-bond donors (Lipinski definition) is 3. The summed E-state index contributed by atoms with van der Waals surface area (Å²) in [6.07, 6.45) is 0. The Morgan fingerprint density at radius 2 is 1.95 bits per heavy atom. The van der Waals surface area contributed by atoms with Crippen LogP contribution in [0, 0.1) is 0 Å². The van der Waals surface area contributed by atoms with Crippen molar-refractivity contribution < 1.29 is 9.90 Å². The molecule has 2 aromatic rings. The summed E-state index contributed by atoms with van der Waals surface area (Å²) in [5, 5.41) is 9.42. The molecule has 5 nitrogen and oxygen atoms in total. The van der Waals surface area contributed by atoms with E-state index < -0.39 is 0 Å². The molecule has 2 rings (SSSR count). The molecule has 0 bridgehead atoms. The van der Waals surface area contributed by atoms with E-state index in [1.54, 1.807) is 43.4 Å². The number of benzene rings is 2. The molecule has 2 aromatic carbocycles. The summed E-state index contributed by atoms with van der Waals surface area (Å²) in [5.74, 6) is -0.0128. The smallest absolute Gasteiger partial charge is 0.255 e. The van der Waals surface area contributed by atoms with E-state index in [0.717, 1.165) is 5.56 Å². The Morgan fingerprint density at radius 1 is 1.20 bits per heavy atom. The molecule has 0 unspecified atom stereocenters. The predicted octanol–water partition coefficient (Wildman–Crippen LogP) is 1.83. The summed E-state index contributed by atoms with van der Waals surface area (Å²) < 4.78 is 0. The van der Waals surface area contributed by atoms with Crippen molar-refractivity contribution in [2.75, 3.05) is 18.5 Å². The number of phenols is 1. The molecule has 5 heteroatoms. The van der Waals surface area contributed by atoms with Gasteiger partial charge in [0.15, 0.2) is 0 Å². The lowest BCUT2D eigenvalue weighted by Gasteiger charge is -2.18. The van der Waals surface area contributed by atoms with Crippen LogP contribution in [-0.4, -0.2) is 23.0 Å². The van der Waals surface area contributed by atoms with Crippen LogP contribution in [0.1, 0.15) is 15.9 Å². The molecule has 0 radical (unpaired) electrons. The highest BCUT2D eigenvalue weighted by atomic mass is 16.3. The minimum Gasteiger partial charge on any atom is -0.508 e. The standard InChI is InChI=1S/C15H17N3O2/c1-18(9-10-3-2-4-12(19)7-10)15(20)13-6-5-11(16)8-14(13)17/h2-8,19H,9,16-17H2,1H3. The van der Waals surface area contributed by atoms with E-state index in [2.05, 4.69) is 0 Å². The first-order chi connectivity index (χ1) is 9.47. The molecule has 0 spiro atoms. The number of nitrogen functional groups attached to an aromatic ring is 2. The molecule has 0 saturated heterocycles. The van der Waals surface area contributed by atoms with Gasteiger partial charge in [-0.3, -0.25) is 4.79 Å². The van der Waals surface area contributed by atoms with Crippen molar-refractivity contribution in [2.45, 2.75) is 6.54 Å². The molecule has 0 fully saturated rings. The lowest BCUT2D eigenvalue weighted by molar-refractivity contribution is 0.0786. The summed E-state index contributed by atoms with van der Waals surface area (Å²) in [6.45, 7) is 0.386. The third-order valence-corrected chi connectivity index (χ3v) is 2.98. The Morgan fingerprint density at radius 3 is 2.60 bits per heavy atom. The second-order valence-electron chi connectivity index (χ2n) is 4.68. The fourth-order valence-corrected chi connectivity index (χ4v) is 1.98. The highest BCUT2D eigenvalue weighted by molar-refractivity contribution is 5.99. The summed E-state index contributed by atoms with van der Waals surface area (Å²) in [6, 6.07) is 11.6. The molecule has 0 saturated carbocycles. The first-order valence-corrected chi connectivity index (χ1v) is 6.16. The molecule has 20 heavy (non-hydrogen) atoms. The van der Waals surface area contributed by atoms with Crippen LogP contribution >= 0.6 is 0 Å². The highest BCUT2D eigenvalue weighted by Crippen LogP contribution is 2.19. The number of nitrogens with zero attached hydrogens (tertiary/aromatic N) is 1.